The summed E-state index contributed by atoms with van der Waals surface area (Å²) in [6.07, 6.45) is 0.595. The molecule has 2 atom stereocenters. The largest absolute Gasteiger partial charge is 0.480 e. The van der Waals surface area contributed by atoms with Crippen molar-refractivity contribution in [3.05, 3.63) is 0 Å². The van der Waals surface area contributed by atoms with Crippen LogP contribution in [0, 0.1) is 0 Å². The number of hydrogen-bond acceptors (Lipinski definition) is 4. The molecule has 0 radical (unpaired) electrons. The molecule has 0 saturated heterocycles. The van der Waals surface area contributed by atoms with Gasteiger partial charge in [-0.25, -0.2) is 4.79 Å². The average molecular weight is 245 g/mol. The average Bonchev–Trinajstić information content (AvgIpc) is 2.23. The summed E-state index contributed by atoms with van der Waals surface area (Å²) in [4.78, 5) is 32.7. The number of hydrogen-bond donors (Lipinski definition) is 4. The number of carboxylic acid groups (broad SMARTS) is 1. The third-order valence-electron chi connectivity index (χ3n) is 2.28. The Labute approximate surface area is 99.5 Å². The number of aliphatic carboxylic acids is 1. The molecule has 0 spiro atoms. The highest BCUT2D eigenvalue weighted by Gasteiger charge is 2.21. The Kier molecular flexibility index (Phi) is 6.88. The fourth-order valence-electron chi connectivity index (χ4n) is 1.18. The minimum Gasteiger partial charge on any atom is -0.480 e. The Morgan fingerprint density at radius 2 is 1.94 bits per heavy atom. The Bertz CT molecular complexity index is 293. The maximum atomic E-state index is 11.4. The maximum absolute atomic E-state index is 11.4. The lowest BCUT2D eigenvalue weighted by atomic mass is 10.1. The van der Waals surface area contributed by atoms with Gasteiger partial charge >= 0.3 is 5.97 Å². The molecule has 0 aliphatic rings. The predicted molar refractivity (Wildman–Crippen MR) is 60.9 cm³/mol. The van der Waals surface area contributed by atoms with Crippen molar-refractivity contribution in [1.29, 1.82) is 0 Å². The molecule has 0 aliphatic carbocycles. The summed E-state index contributed by atoms with van der Waals surface area (Å²) in [6, 6.07) is -1.39. The number of carbonyl (C=O) groups is 3. The van der Waals surface area contributed by atoms with Crippen LogP contribution in [-0.2, 0) is 14.4 Å². The molecule has 6 N–H and O–H groups in total. The van der Waals surface area contributed by atoms with Crippen LogP contribution in [-0.4, -0.2) is 35.0 Å². The van der Waals surface area contributed by atoms with Crippen LogP contribution in [0.2, 0.25) is 0 Å². The molecule has 0 rings (SSSR count). The van der Waals surface area contributed by atoms with E-state index >= 15 is 0 Å². The smallest absolute Gasteiger partial charge is 0.326 e. The van der Waals surface area contributed by atoms with Gasteiger partial charge < -0.3 is 21.9 Å². The number of nitrogens with two attached hydrogens (primary N) is 2. The zero-order valence-electron chi connectivity index (χ0n) is 9.81. The van der Waals surface area contributed by atoms with Crippen LogP contribution in [0.25, 0.3) is 0 Å². The van der Waals surface area contributed by atoms with Gasteiger partial charge in [-0.1, -0.05) is 6.92 Å². The summed E-state index contributed by atoms with van der Waals surface area (Å²) in [7, 11) is 0. The van der Waals surface area contributed by atoms with Gasteiger partial charge in [0.05, 0.1) is 0 Å². The molecule has 0 aromatic rings. The van der Waals surface area contributed by atoms with E-state index in [1.165, 1.54) is 0 Å². The molecule has 0 aliphatic heterocycles. The van der Waals surface area contributed by atoms with Crippen LogP contribution in [0.3, 0.4) is 0 Å². The fraction of sp³-hybridized carbons (Fsp3) is 0.700. The molecule has 0 fully saturated rings. The first-order valence-corrected chi connectivity index (χ1v) is 5.42. The SMILES string of the molecule is CCC(N)CC(=O)NC(CCC(N)=O)C(=O)O. The molecule has 0 saturated carbocycles. The predicted octanol–water partition coefficient (Wildman–Crippen LogP) is -1.05. The second kappa shape index (κ2) is 7.61. The van der Waals surface area contributed by atoms with Gasteiger partial charge in [0, 0.05) is 18.9 Å². The molecule has 0 aromatic heterocycles. The Morgan fingerprint density at radius 1 is 1.35 bits per heavy atom. The zero-order chi connectivity index (χ0) is 13.4. The zero-order valence-corrected chi connectivity index (χ0v) is 9.81. The van der Waals surface area contributed by atoms with Crippen molar-refractivity contribution in [2.75, 3.05) is 0 Å². The molecule has 2 amide bonds. The van der Waals surface area contributed by atoms with Crippen molar-refractivity contribution >= 4 is 17.8 Å². The van der Waals surface area contributed by atoms with Gasteiger partial charge in [-0.2, -0.15) is 0 Å². The molecular formula is C10H19N3O4. The number of primary amides is 1. The van der Waals surface area contributed by atoms with E-state index in [2.05, 4.69) is 5.32 Å². The normalized spacial score (nSPS) is 13.8. The number of amides is 2. The highest BCUT2D eigenvalue weighted by Crippen LogP contribution is 2.00. The van der Waals surface area contributed by atoms with Crippen LogP contribution >= 0.6 is 0 Å². The highest BCUT2D eigenvalue weighted by atomic mass is 16.4. The monoisotopic (exact) mass is 245 g/mol. The first kappa shape index (κ1) is 15.4. The topological polar surface area (TPSA) is 136 Å². The van der Waals surface area contributed by atoms with Gasteiger partial charge in [0.1, 0.15) is 6.04 Å². The lowest BCUT2D eigenvalue weighted by molar-refractivity contribution is -0.142. The van der Waals surface area contributed by atoms with E-state index < -0.39 is 23.8 Å². The standard InChI is InChI=1S/C10H19N3O4/c1-2-6(11)5-9(15)13-7(10(16)17)3-4-8(12)14/h6-7H,2-5,11H2,1H3,(H2,12,14)(H,13,15)(H,16,17). The summed E-state index contributed by atoms with van der Waals surface area (Å²) in [5, 5.41) is 11.1. The third-order valence-corrected chi connectivity index (χ3v) is 2.28. The van der Waals surface area contributed by atoms with Gasteiger partial charge in [-0.15, -0.1) is 0 Å². The van der Waals surface area contributed by atoms with Crippen LogP contribution in [0.4, 0.5) is 0 Å². The lowest BCUT2D eigenvalue weighted by Gasteiger charge is -2.15. The van der Waals surface area contributed by atoms with E-state index in [-0.39, 0.29) is 25.3 Å². The van der Waals surface area contributed by atoms with E-state index in [1.807, 2.05) is 6.92 Å². The summed E-state index contributed by atoms with van der Waals surface area (Å²) in [5.74, 6) is -2.23. The fourth-order valence-corrected chi connectivity index (χ4v) is 1.18. The van der Waals surface area contributed by atoms with Crippen molar-refractivity contribution < 1.29 is 19.5 Å². The van der Waals surface area contributed by atoms with Crippen LogP contribution in [0.5, 0.6) is 0 Å². The first-order valence-electron chi connectivity index (χ1n) is 5.42. The van der Waals surface area contributed by atoms with E-state index in [4.69, 9.17) is 16.6 Å². The second-order valence-electron chi connectivity index (χ2n) is 3.84. The Hall–Kier alpha value is -1.63. The van der Waals surface area contributed by atoms with Crippen molar-refractivity contribution in [2.24, 2.45) is 11.5 Å². The second-order valence-corrected chi connectivity index (χ2v) is 3.84. The highest BCUT2D eigenvalue weighted by molar-refractivity contribution is 5.84. The van der Waals surface area contributed by atoms with Crippen LogP contribution < -0.4 is 16.8 Å². The molecular weight excluding hydrogens is 226 g/mol. The third kappa shape index (κ3) is 7.29. The molecule has 98 valence electrons. The van der Waals surface area contributed by atoms with Gasteiger partial charge in [-0.05, 0) is 12.8 Å². The van der Waals surface area contributed by atoms with Gasteiger partial charge in [0.25, 0.3) is 0 Å². The maximum Gasteiger partial charge on any atom is 0.326 e. The van der Waals surface area contributed by atoms with Crippen molar-refractivity contribution in [3.8, 4) is 0 Å². The summed E-state index contributed by atoms with van der Waals surface area (Å²) < 4.78 is 0. The van der Waals surface area contributed by atoms with E-state index in [0.717, 1.165) is 0 Å². The number of nitrogens with one attached hydrogen (secondary N) is 1. The van der Waals surface area contributed by atoms with Gasteiger partial charge in [0.15, 0.2) is 0 Å². The van der Waals surface area contributed by atoms with E-state index in [9.17, 15) is 14.4 Å². The lowest BCUT2D eigenvalue weighted by Crippen LogP contribution is -2.43. The molecule has 0 heterocycles. The molecule has 17 heavy (non-hydrogen) atoms. The number of carboxylic acids is 1. The van der Waals surface area contributed by atoms with Crippen molar-refractivity contribution in [3.63, 3.8) is 0 Å². The van der Waals surface area contributed by atoms with E-state index in [1.54, 1.807) is 0 Å². The van der Waals surface area contributed by atoms with E-state index in [0.29, 0.717) is 6.42 Å². The Balaban J connectivity index is 4.20. The molecule has 7 heteroatoms. The van der Waals surface area contributed by atoms with Gasteiger partial charge in [-0.3, -0.25) is 9.59 Å². The van der Waals surface area contributed by atoms with Crippen molar-refractivity contribution in [2.45, 2.75) is 44.7 Å². The van der Waals surface area contributed by atoms with Crippen LogP contribution in [0.1, 0.15) is 32.6 Å². The van der Waals surface area contributed by atoms with Crippen molar-refractivity contribution in [1.82, 2.24) is 5.32 Å². The number of rotatable bonds is 8. The first-order chi connectivity index (χ1) is 7.86. The summed E-state index contributed by atoms with van der Waals surface area (Å²) in [6.45, 7) is 1.83. The molecule has 0 aromatic carbocycles. The van der Waals surface area contributed by atoms with Gasteiger partial charge in [0.2, 0.25) is 11.8 Å². The summed E-state index contributed by atoms with van der Waals surface area (Å²) in [5.41, 5.74) is 10.5. The molecule has 0 bridgehead atoms. The molecule has 2 unspecified atom stereocenters. The minimum atomic E-state index is -1.19. The minimum absolute atomic E-state index is 0.0161. The molecule has 7 nitrogen and oxygen atoms in total. The van der Waals surface area contributed by atoms with Crippen LogP contribution in [0.15, 0.2) is 0 Å². The Morgan fingerprint density at radius 3 is 2.35 bits per heavy atom. The number of carbonyl (C=O) groups excluding carboxylic acids is 2. The quantitative estimate of drug-likeness (QED) is 0.432. The summed E-state index contributed by atoms with van der Waals surface area (Å²) >= 11 is 0.